The number of benzene rings is 2. The van der Waals surface area contributed by atoms with Crippen molar-refractivity contribution in [1.29, 1.82) is 0 Å². The number of carbonyl (C=O) groups is 3. The summed E-state index contributed by atoms with van der Waals surface area (Å²) in [4.78, 5) is 39.1. The van der Waals surface area contributed by atoms with Crippen molar-refractivity contribution in [2.24, 2.45) is 0 Å². The van der Waals surface area contributed by atoms with E-state index >= 15 is 0 Å². The highest BCUT2D eigenvalue weighted by Gasteiger charge is 2.36. The van der Waals surface area contributed by atoms with Gasteiger partial charge in [0.1, 0.15) is 6.54 Å². The van der Waals surface area contributed by atoms with Crippen LogP contribution in [0.3, 0.4) is 0 Å². The zero-order chi connectivity index (χ0) is 24.1. The van der Waals surface area contributed by atoms with Crippen molar-refractivity contribution in [3.63, 3.8) is 0 Å². The molecular formula is C25H26N2O5S. The molecule has 1 aliphatic heterocycles. The van der Waals surface area contributed by atoms with Crippen LogP contribution in [0.15, 0.2) is 47.9 Å². The second kappa shape index (κ2) is 10.4. The van der Waals surface area contributed by atoms with Crippen LogP contribution in [0.1, 0.15) is 22.3 Å². The first-order chi connectivity index (χ1) is 15.8. The average Bonchev–Trinajstić information content (AvgIpc) is 3.03. The second-order valence-electron chi connectivity index (χ2n) is 7.54. The molecule has 8 heteroatoms. The summed E-state index contributed by atoms with van der Waals surface area (Å²) in [6, 6.07) is 9.27. The fourth-order valence-corrected chi connectivity index (χ4v) is 4.29. The minimum absolute atomic E-state index is 0.233. The zero-order valence-electron chi connectivity index (χ0n) is 19.1. The van der Waals surface area contributed by atoms with E-state index in [9.17, 15) is 14.4 Å². The van der Waals surface area contributed by atoms with Crippen LogP contribution in [-0.4, -0.2) is 42.7 Å². The van der Waals surface area contributed by atoms with Crippen molar-refractivity contribution in [3.8, 4) is 11.5 Å². The maximum absolute atomic E-state index is 12.9. The molecule has 1 fully saturated rings. The Labute approximate surface area is 197 Å². The van der Waals surface area contributed by atoms with Crippen LogP contribution in [0.4, 0.5) is 10.5 Å². The van der Waals surface area contributed by atoms with E-state index in [1.54, 1.807) is 25.3 Å². The Morgan fingerprint density at radius 1 is 1.15 bits per heavy atom. The summed E-state index contributed by atoms with van der Waals surface area (Å²) in [5.74, 6) is 0.147. The Morgan fingerprint density at radius 2 is 1.91 bits per heavy atom. The molecule has 1 aliphatic rings. The molecule has 3 rings (SSSR count). The van der Waals surface area contributed by atoms with Crippen LogP contribution >= 0.6 is 11.8 Å². The number of nitrogens with zero attached hydrogens (tertiary/aromatic N) is 1. The monoisotopic (exact) mass is 466 g/mol. The molecule has 0 aromatic heterocycles. The number of nitrogens with one attached hydrogen (secondary N) is 1. The van der Waals surface area contributed by atoms with E-state index in [4.69, 9.17) is 9.47 Å². The number of imide groups is 1. The molecule has 2 aromatic carbocycles. The number of carbonyl (C=O) groups excluding carboxylic acids is 3. The summed E-state index contributed by atoms with van der Waals surface area (Å²) in [6.45, 7) is 7.20. The van der Waals surface area contributed by atoms with Gasteiger partial charge < -0.3 is 14.8 Å². The van der Waals surface area contributed by atoms with Crippen LogP contribution < -0.4 is 14.8 Å². The van der Waals surface area contributed by atoms with Crippen molar-refractivity contribution >= 4 is 40.6 Å². The van der Waals surface area contributed by atoms with Gasteiger partial charge in [0.25, 0.3) is 11.1 Å². The summed E-state index contributed by atoms with van der Waals surface area (Å²) >= 11 is 0.799. The number of aryl methyl sites for hydroxylation is 2. The fraction of sp³-hybridized carbons (Fsp3) is 0.240. The van der Waals surface area contributed by atoms with E-state index in [2.05, 4.69) is 11.9 Å². The number of amides is 3. The molecule has 7 nitrogen and oxygen atoms in total. The molecule has 0 atom stereocenters. The number of allylic oxidation sites excluding steroid dienone is 1. The first kappa shape index (κ1) is 24.1. The molecule has 172 valence electrons. The Kier molecular flexibility index (Phi) is 7.60. The topological polar surface area (TPSA) is 84.9 Å². The molecule has 1 N–H and O–H groups in total. The predicted octanol–water partition coefficient (Wildman–Crippen LogP) is 4.72. The lowest BCUT2D eigenvalue weighted by Crippen LogP contribution is -2.36. The molecule has 3 amide bonds. The van der Waals surface area contributed by atoms with E-state index in [0.29, 0.717) is 29.2 Å². The van der Waals surface area contributed by atoms with Crippen LogP contribution in [-0.2, 0) is 16.0 Å². The molecule has 2 aromatic rings. The van der Waals surface area contributed by atoms with Gasteiger partial charge in [0, 0.05) is 11.3 Å². The molecule has 0 radical (unpaired) electrons. The van der Waals surface area contributed by atoms with Gasteiger partial charge in [-0.25, -0.2) is 0 Å². The van der Waals surface area contributed by atoms with Crippen LogP contribution in [0.2, 0.25) is 0 Å². The number of rotatable bonds is 8. The highest BCUT2D eigenvalue weighted by Crippen LogP contribution is 2.37. The lowest BCUT2D eigenvalue weighted by atomic mass is 10.0. The number of methoxy groups -OCH3 is 2. The summed E-state index contributed by atoms with van der Waals surface area (Å²) in [7, 11) is 3.08. The van der Waals surface area contributed by atoms with Gasteiger partial charge in [-0.2, -0.15) is 0 Å². The SMILES string of the molecule is C=CCc1cc(/C=C2\SC(=O)N(CC(=O)Nc3cc(C)ccc3C)C2=O)cc(OC)c1OC. The minimum Gasteiger partial charge on any atom is -0.493 e. The molecule has 0 saturated carbocycles. The molecule has 33 heavy (non-hydrogen) atoms. The molecule has 1 heterocycles. The lowest BCUT2D eigenvalue weighted by molar-refractivity contribution is -0.127. The predicted molar refractivity (Wildman–Crippen MR) is 131 cm³/mol. The lowest BCUT2D eigenvalue weighted by Gasteiger charge is -2.14. The van der Waals surface area contributed by atoms with Crippen molar-refractivity contribution in [2.75, 3.05) is 26.1 Å². The summed E-state index contributed by atoms with van der Waals surface area (Å²) in [5.41, 5.74) is 4.06. The summed E-state index contributed by atoms with van der Waals surface area (Å²) < 4.78 is 10.9. The smallest absolute Gasteiger partial charge is 0.294 e. The van der Waals surface area contributed by atoms with Gasteiger partial charge in [0.2, 0.25) is 5.91 Å². The Hall–Kier alpha value is -3.52. The maximum atomic E-state index is 12.9. The Morgan fingerprint density at radius 3 is 2.58 bits per heavy atom. The van der Waals surface area contributed by atoms with Crippen LogP contribution in [0, 0.1) is 13.8 Å². The third-order valence-corrected chi connectivity index (χ3v) is 5.99. The zero-order valence-corrected chi connectivity index (χ0v) is 19.9. The third kappa shape index (κ3) is 5.46. The van der Waals surface area contributed by atoms with Crippen molar-refractivity contribution in [3.05, 3.63) is 70.1 Å². The van der Waals surface area contributed by atoms with E-state index in [1.807, 2.05) is 38.1 Å². The van der Waals surface area contributed by atoms with E-state index in [-0.39, 0.29) is 11.4 Å². The molecule has 1 saturated heterocycles. The normalized spacial score (nSPS) is 14.5. The molecule has 0 unspecified atom stereocenters. The van der Waals surface area contributed by atoms with Crippen molar-refractivity contribution < 1.29 is 23.9 Å². The minimum atomic E-state index is -0.513. The van der Waals surface area contributed by atoms with Crippen LogP contribution in [0.25, 0.3) is 6.08 Å². The Balaban J connectivity index is 1.81. The Bertz CT molecular complexity index is 1160. The number of ether oxygens (including phenoxy) is 2. The number of hydrogen-bond acceptors (Lipinski definition) is 6. The maximum Gasteiger partial charge on any atom is 0.294 e. The standard InChI is InChI=1S/C25H26N2O5S/c1-6-7-18-11-17(12-20(31-4)23(18)32-5)13-21-24(29)27(25(30)33-21)14-22(28)26-19-10-15(2)8-9-16(19)3/h6,8-13H,1,7,14H2,2-5H3,(H,26,28)/b21-13-. The first-order valence-corrected chi connectivity index (χ1v) is 11.1. The van der Waals surface area contributed by atoms with Gasteiger partial charge in [-0.05, 0) is 73.0 Å². The third-order valence-electron chi connectivity index (χ3n) is 5.08. The van der Waals surface area contributed by atoms with Gasteiger partial charge in [-0.15, -0.1) is 6.58 Å². The van der Waals surface area contributed by atoms with Gasteiger partial charge in [0.05, 0.1) is 19.1 Å². The van der Waals surface area contributed by atoms with Gasteiger partial charge >= 0.3 is 0 Å². The average molecular weight is 467 g/mol. The quantitative estimate of drug-likeness (QED) is 0.447. The van der Waals surface area contributed by atoms with E-state index in [1.165, 1.54) is 7.11 Å². The van der Waals surface area contributed by atoms with E-state index < -0.39 is 17.1 Å². The summed E-state index contributed by atoms with van der Waals surface area (Å²) in [6.07, 6.45) is 3.90. The fourth-order valence-electron chi connectivity index (χ4n) is 3.45. The largest absolute Gasteiger partial charge is 0.493 e. The van der Waals surface area contributed by atoms with E-state index in [0.717, 1.165) is 33.4 Å². The highest BCUT2D eigenvalue weighted by molar-refractivity contribution is 8.18. The molecular weight excluding hydrogens is 440 g/mol. The number of hydrogen-bond donors (Lipinski definition) is 1. The van der Waals surface area contributed by atoms with Crippen molar-refractivity contribution in [1.82, 2.24) is 4.90 Å². The van der Waals surface area contributed by atoms with Gasteiger partial charge in [-0.3, -0.25) is 19.3 Å². The number of thioether (sulfide) groups is 1. The molecule has 0 aliphatic carbocycles. The molecule has 0 bridgehead atoms. The second-order valence-corrected chi connectivity index (χ2v) is 8.54. The van der Waals surface area contributed by atoms with Crippen molar-refractivity contribution in [2.45, 2.75) is 20.3 Å². The van der Waals surface area contributed by atoms with Crippen LogP contribution in [0.5, 0.6) is 11.5 Å². The highest BCUT2D eigenvalue weighted by atomic mass is 32.2. The van der Waals surface area contributed by atoms with Gasteiger partial charge in [0.15, 0.2) is 11.5 Å². The summed E-state index contributed by atoms with van der Waals surface area (Å²) in [5, 5.41) is 2.29. The first-order valence-electron chi connectivity index (χ1n) is 10.3. The number of anilines is 1. The van der Waals surface area contributed by atoms with Gasteiger partial charge in [-0.1, -0.05) is 18.2 Å². The molecule has 0 spiro atoms.